The number of para-hydroxylation sites is 1. The number of carbonyl (C=O) groups excluding carboxylic acids is 4. The molecular formula is C27H30N4O7. The lowest BCUT2D eigenvalue weighted by Gasteiger charge is -2.35. The molecule has 0 radical (unpaired) electrons. The van der Waals surface area contributed by atoms with Gasteiger partial charge in [0.25, 0.3) is 5.91 Å². The van der Waals surface area contributed by atoms with E-state index in [-0.39, 0.29) is 37.6 Å². The molecule has 2 atom stereocenters. The fourth-order valence-corrected chi connectivity index (χ4v) is 5.11. The summed E-state index contributed by atoms with van der Waals surface area (Å²) in [6, 6.07) is 15.4. The third-order valence-electron chi connectivity index (χ3n) is 7.16. The number of carbonyl (C=O) groups is 4. The number of benzene rings is 2. The Balaban J connectivity index is 1.20. The molecule has 3 heterocycles. The first-order chi connectivity index (χ1) is 18.4. The van der Waals surface area contributed by atoms with Gasteiger partial charge in [-0.15, -0.1) is 0 Å². The summed E-state index contributed by atoms with van der Waals surface area (Å²) in [5, 5.41) is 3.80. The van der Waals surface area contributed by atoms with Crippen molar-refractivity contribution in [1.82, 2.24) is 20.2 Å². The van der Waals surface area contributed by atoms with Gasteiger partial charge in [0, 0.05) is 26.2 Å². The second kappa shape index (κ2) is 11.1. The van der Waals surface area contributed by atoms with E-state index in [1.165, 1.54) is 16.9 Å². The summed E-state index contributed by atoms with van der Waals surface area (Å²) < 4.78 is 10.6. The van der Waals surface area contributed by atoms with Crippen molar-refractivity contribution in [2.24, 2.45) is 5.92 Å². The van der Waals surface area contributed by atoms with Crippen molar-refractivity contribution in [2.45, 2.75) is 31.3 Å². The number of urea groups is 1. The Hall–Kier alpha value is -4.12. The largest absolute Gasteiger partial charge is 0.469 e. The Bertz CT molecular complexity index is 1180. The summed E-state index contributed by atoms with van der Waals surface area (Å²) in [7, 11) is 1.33. The normalized spacial score (nSPS) is 21.8. The summed E-state index contributed by atoms with van der Waals surface area (Å²) in [5.41, 5.74) is 0.974. The van der Waals surface area contributed by atoms with Gasteiger partial charge in [0.2, 0.25) is 0 Å². The maximum atomic E-state index is 13.2. The average Bonchev–Trinajstić information content (AvgIpc) is 3.19. The van der Waals surface area contributed by atoms with Crippen molar-refractivity contribution in [3.8, 4) is 11.5 Å². The predicted molar refractivity (Wildman–Crippen MR) is 134 cm³/mol. The van der Waals surface area contributed by atoms with Gasteiger partial charge in [0.15, 0.2) is 0 Å². The van der Waals surface area contributed by atoms with Gasteiger partial charge >= 0.3 is 18.1 Å². The number of imide groups is 1. The van der Waals surface area contributed by atoms with E-state index in [9.17, 15) is 19.2 Å². The minimum absolute atomic E-state index is 0.274. The van der Waals surface area contributed by atoms with Gasteiger partial charge < -0.3 is 29.4 Å². The van der Waals surface area contributed by atoms with Gasteiger partial charge in [0.05, 0.1) is 19.1 Å². The summed E-state index contributed by atoms with van der Waals surface area (Å²) in [6.45, 7) is 1.33. The number of ether oxygens (including phenoxy) is 2. The van der Waals surface area contributed by atoms with Crippen LogP contribution in [0.5, 0.6) is 11.5 Å². The Labute approximate surface area is 220 Å². The van der Waals surface area contributed by atoms with Gasteiger partial charge in [-0.25, -0.2) is 9.59 Å². The van der Waals surface area contributed by atoms with Crippen LogP contribution in [0, 0.1) is 5.92 Å². The van der Waals surface area contributed by atoms with E-state index in [4.69, 9.17) is 14.3 Å². The van der Waals surface area contributed by atoms with Gasteiger partial charge in [-0.1, -0.05) is 35.4 Å². The number of hydrogen-bond donors (Lipinski definition) is 1. The Morgan fingerprint density at radius 3 is 2.32 bits per heavy atom. The van der Waals surface area contributed by atoms with E-state index >= 15 is 0 Å². The van der Waals surface area contributed by atoms with Crippen LogP contribution in [0.2, 0.25) is 0 Å². The van der Waals surface area contributed by atoms with Gasteiger partial charge in [-0.2, -0.15) is 0 Å². The maximum Gasteiger partial charge on any atom is 0.434 e. The van der Waals surface area contributed by atoms with E-state index in [1.807, 2.05) is 54.6 Å². The lowest BCUT2D eigenvalue weighted by molar-refractivity contribution is -0.152. The zero-order valence-corrected chi connectivity index (χ0v) is 21.1. The molecule has 0 aromatic heterocycles. The van der Waals surface area contributed by atoms with Crippen molar-refractivity contribution in [3.63, 3.8) is 0 Å². The van der Waals surface area contributed by atoms with Crippen LogP contribution in [0.4, 0.5) is 9.59 Å². The molecule has 11 heteroatoms. The zero-order chi connectivity index (χ0) is 26.6. The molecule has 5 rings (SSSR count). The number of hydrogen-bond acceptors (Lipinski definition) is 8. The highest BCUT2D eigenvalue weighted by Gasteiger charge is 2.52. The van der Waals surface area contributed by atoms with E-state index < -0.39 is 24.1 Å². The Morgan fingerprint density at radius 2 is 1.63 bits per heavy atom. The van der Waals surface area contributed by atoms with Gasteiger partial charge in [0.1, 0.15) is 17.5 Å². The van der Waals surface area contributed by atoms with E-state index in [0.29, 0.717) is 36.6 Å². The maximum absolute atomic E-state index is 13.2. The number of fused-ring (bicyclic) bond motifs is 1. The summed E-state index contributed by atoms with van der Waals surface area (Å²) in [4.78, 5) is 58.9. The molecule has 1 N–H and O–H groups in total. The van der Waals surface area contributed by atoms with Crippen molar-refractivity contribution in [2.75, 3.05) is 33.3 Å². The number of nitrogens with one attached hydrogen (secondary N) is 1. The highest BCUT2D eigenvalue weighted by Crippen LogP contribution is 2.28. The number of piperidine rings is 1. The number of methoxy groups -OCH3 is 1. The predicted octanol–water partition coefficient (Wildman–Crippen LogP) is 2.56. The molecule has 11 nitrogen and oxygen atoms in total. The zero-order valence-electron chi connectivity index (χ0n) is 21.1. The molecule has 0 spiro atoms. The lowest BCUT2D eigenvalue weighted by Crippen LogP contribution is -2.57. The molecule has 38 heavy (non-hydrogen) atoms. The molecule has 0 saturated carbocycles. The fraction of sp³-hybridized carbons (Fsp3) is 0.407. The number of piperazine rings is 1. The van der Waals surface area contributed by atoms with Crippen molar-refractivity contribution >= 4 is 24.0 Å². The summed E-state index contributed by atoms with van der Waals surface area (Å²) in [5.74, 6) is 0.274. The fourth-order valence-electron chi connectivity index (χ4n) is 5.11. The number of amides is 4. The molecule has 2 aromatic carbocycles. The topological polar surface area (TPSA) is 118 Å². The van der Waals surface area contributed by atoms with Gasteiger partial charge in [-0.05, 0) is 49.1 Å². The van der Waals surface area contributed by atoms with Crippen molar-refractivity contribution < 1.29 is 33.5 Å². The molecule has 3 aliphatic rings. The Kier molecular flexibility index (Phi) is 7.45. The van der Waals surface area contributed by atoms with Gasteiger partial charge in [-0.3, -0.25) is 9.59 Å². The monoisotopic (exact) mass is 522 g/mol. The highest BCUT2D eigenvalue weighted by molar-refractivity contribution is 6.04. The minimum atomic E-state index is -0.784. The van der Waals surface area contributed by atoms with Crippen LogP contribution in [-0.4, -0.2) is 84.2 Å². The molecule has 200 valence electrons. The molecule has 2 unspecified atom stereocenters. The van der Waals surface area contributed by atoms with E-state index in [2.05, 4.69) is 5.32 Å². The second-order valence-electron chi connectivity index (χ2n) is 9.56. The van der Waals surface area contributed by atoms with E-state index in [0.717, 1.165) is 11.3 Å². The molecule has 3 saturated heterocycles. The van der Waals surface area contributed by atoms with Crippen LogP contribution in [0.3, 0.4) is 0 Å². The van der Waals surface area contributed by atoms with Crippen molar-refractivity contribution in [1.29, 1.82) is 0 Å². The molecule has 0 bridgehead atoms. The summed E-state index contributed by atoms with van der Waals surface area (Å²) in [6.07, 6.45) is 0.587. The van der Waals surface area contributed by atoms with Crippen LogP contribution in [-0.2, 0) is 25.6 Å². The van der Waals surface area contributed by atoms with Crippen LogP contribution >= 0.6 is 0 Å². The number of likely N-dealkylation sites (tertiary alicyclic amines) is 1. The van der Waals surface area contributed by atoms with Crippen LogP contribution in [0.25, 0.3) is 0 Å². The first-order valence-electron chi connectivity index (χ1n) is 12.7. The standard InChI is InChI=1S/C27H30N4O7/c1-36-25(33)19-11-13-29(14-12-19)27(35)38-31-24(32)23-17-28-16-20(30(23)26(31)34)15-18-7-9-22(10-8-18)37-21-5-3-2-4-6-21/h2-10,19-20,23,28H,11-17H2,1H3. The molecule has 3 fully saturated rings. The first-order valence-corrected chi connectivity index (χ1v) is 12.7. The summed E-state index contributed by atoms with van der Waals surface area (Å²) >= 11 is 0. The number of rotatable bonds is 6. The third-order valence-corrected chi connectivity index (χ3v) is 7.16. The SMILES string of the molecule is COC(=O)C1CCN(C(=O)ON2C(=O)C3CNCC(Cc4ccc(Oc5ccccc5)cc4)N3C2=O)CC1. The van der Waals surface area contributed by atoms with Crippen molar-refractivity contribution in [3.05, 3.63) is 60.2 Å². The van der Waals surface area contributed by atoms with Crippen LogP contribution < -0.4 is 10.1 Å². The quantitative estimate of drug-likeness (QED) is 0.454. The van der Waals surface area contributed by atoms with Crippen LogP contribution in [0.15, 0.2) is 54.6 Å². The molecule has 4 amide bonds. The Morgan fingerprint density at radius 1 is 0.947 bits per heavy atom. The minimum Gasteiger partial charge on any atom is -0.469 e. The number of esters is 1. The number of nitrogens with zero attached hydrogens (tertiary/aromatic N) is 3. The average molecular weight is 523 g/mol. The van der Waals surface area contributed by atoms with E-state index in [1.54, 1.807) is 0 Å². The third kappa shape index (κ3) is 5.28. The smallest absolute Gasteiger partial charge is 0.434 e. The number of hydroxylamine groups is 2. The molecule has 2 aromatic rings. The lowest BCUT2D eigenvalue weighted by atomic mass is 9.97. The molecule has 0 aliphatic carbocycles. The highest BCUT2D eigenvalue weighted by atomic mass is 16.7. The molecule has 3 aliphatic heterocycles. The second-order valence-corrected chi connectivity index (χ2v) is 9.56. The molecular weight excluding hydrogens is 492 g/mol. The van der Waals surface area contributed by atoms with Crippen LogP contribution in [0.1, 0.15) is 18.4 Å². The first kappa shape index (κ1) is 25.5.